The van der Waals surface area contributed by atoms with Crippen molar-refractivity contribution in [1.29, 1.82) is 0 Å². The predicted octanol–water partition coefficient (Wildman–Crippen LogP) is 6.39. The smallest absolute Gasteiger partial charge is 0.258 e. The van der Waals surface area contributed by atoms with Gasteiger partial charge in [0.15, 0.2) is 0 Å². The lowest BCUT2D eigenvalue weighted by molar-refractivity contribution is -0.137. The summed E-state index contributed by atoms with van der Waals surface area (Å²) < 4.78 is 37.7. The first-order valence-electron chi connectivity index (χ1n) is 8.58. The van der Waals surface area contributed by atoms with E-state index in [2.05, 4.69) is 42.3 Å². The van der Waals surface area contributed by atoms with E-state index in [1.54, 1.807) is 6.08 Å². The van der Waals surface area contributed by atoms with Crippen LogP contribution in [0.4, 0.5) is 13.2 Å². The lowest BCUT2D eigenvalue weighted by Crippen LogP contribution is -2.03. The average Bonchev–Trinajstić information content (AvgIpc) is 3.07. The highest BCUT2D eigenvalue weighted by atomic mass is 19.4. The highest BCUT2D eigenvalue weighted by Crippen LogP contribution is 2.29. The first kappa shape index (κ1) is 18.2. The zero-order chi connectivity index (χ0) is 18.6. The zero-order valence-electron chi connectivity index (χ0n) is 14.6. The van der Waals surface area contributed by atoms with Gasteiger partial charge < -0.3 is 0 Å². The van der Waals surface area contributed by atoms with Gasteiger partial charge in [0.25, 0.3) is 0 Å². The van der Waals surface area contributed by atoms with Crippen molar-refractivity contribution in [2.75, 3.05) is 0 Å². The molecule has 26 heavy (non-hydrogen) atoms. The Morgan fingerprint density at radius 2 is 1.62 bits per heavy atom. The van der Waals surface area contributed by atoms with Gasteiger partial charge in [0.2, 0.25) is 0 Å². The Labute approximate surface area is 151 Å². The molecule has 1 aliphatic rings. The molecule has 0 saturated carbocycles. The van der Waals surface area contributed by atoms with E-state index in [-0.39, 0.29) is 0 Å². The summed E-state index contributed by atoms with van der Waals surface area (Å²) in [5.74, 6) is 0. The van der Waals surface area contributed by atoms with Crippen molar-refractivity contribution in [3.63, 3.8) is 0 Å². The highest BCUT2D eigenvalue weighted by Gasteiger charge is 2.29. The minimum Gasteiger partial charge on any atom is -0.258 e. The fourth-order valence-corrected chi connectivity index (χ4v) is 2.76. The van der Waals surface area contributed by atoms with Crippen LogP contribution in [0.15, 0.2) is 71.4 Å². The van der Waals surface area contributed by atoms with Crippen LogP contribution in [0.25, 0.3) is 6.08 Å². The number of halogens is 3. The first-order chi connectivity index (χ1) is 12.4. The maximum absolute atomic E-state index is 12.6. The largest absolute Gasteiger partial charge is 0.416 e. The van der Waals surface area contributed by atoms with Gasteiger partial charge in [0, 0.05) is 17.8 Å². The van der Waals surface area contributed by atoms with Gasteiger partial charge in [-0.25, -0.2) is 0 Å². The standard InChI is InChI=1S/C22H20F3N/c1-16-2-4-17(5-3-16)8-12-20-14-15-21(26-20)13-9-18-6-10-19(11-7-18)22(23,24)25/h2-7,9-11,13-14H,8,12,15H2,1H3/b13-9+. The Hall–Kier alpha value is -2.62. The van der Waals surface area contributed by atoms with Gasteiger partial charge in [-0.3, -0.25) is 4.99 Å². The van der Waals surface area contributed by atoms with Crippen LogP contribution < -0.4 is 0 Å². The molecule has 0 saturated heterocycles. The Morgan fingerprint density at radius 3 is 2.27 bits per heavy atom. The van der Waals surface area contributed by atoms with Gasteiger partial charge in [-0.05, 0) is 49.1 Å². The predicted molar refractivity (Wildman–Crippen MR) is 100 cm³/mol. The van der Waals surface area contributed by atoms with Crippen molar-refractivity contribution in [1.82, 2.24) is 0 Å². The molecular formula is C22H20F3N. The number of allylic oxidation sites excluding steroid dienone is 3. The SMILES string of the molecule is Cc1ccc(CCC2=CCC(/C=C/c3ccc(C(F)(F)F)cc3)=N2)cc1. The van der Waals surface area contributed by atoms with Crippen molar-refractivity contribution >= 4 is 11.8 Å². The van der Waals surface area contributed by atoms with Gasteiger partial charge in [0.05, 0.1) is 5.56 Å². The Kier molecular flexibility index (Phi) is 5.40. The van der Waals surface area contributed by atoms with Crippen LogP contribution in [-0.2, 0) is 12.6 Å². The molecular weight excluding hydrogens is 335 g/mol. The molecule has 0 spiro atoms. The monoisotopic (exact) mass is 355 g/mol. The number of hydrogen-bond donors (Lipinski definition) is 0. The molecule has 3 rings (SSSR count). The normalized spacial score (nSPS) is 14.6. The molecule has 0 N–H and O–H groups in total. The summed E-state index contributed by atoms with van der Waals surface area (Å²) in [5, 5.41) is 0. The molecule has 1 aliphatic heterocycles. The summed E-state index contributed by atoms with van der Waals surface area (Å²) in [6, 6.07) is 13.6. The second kappa shape index (κ2) is 7.73. The fraction of sp³-hybridized carbons (Fsp3) is 0.227. The first-order valence-corrected chi connectivity index (χ1v) is 8.58. The van der Waals surface area contributed by atoms with E-state index in [9.17, 15) is 13.2 Å². The van der Waals surface area contributed by atoms with Crippen molar-refractivity contribution in [3.8, 4) is 0 Å². The van der Waals surface area contributed by atoms with Gasteiger partial charge in [-0.1, -0.05) is 54.1 Å². The average molecular weight is 355 g/mol. The lowest BCUT2D eigenvalue weighted by Gasteiger charge is -2.05. The molecule has 0 aromatic heterocycles. The van der Waals surface area contributed by atoms with Gasteiger partial charge in [-0.15, -0.1) is 0 Å². The number of nitrogens with zero attached hydrogens (tertiary/aromatic N) is 1. The number of rotatable bonds is 5. The van der Waals surface area contributed by atoms with Crippen molar-refractivity contribution < 1.29 is 13.2 Å². The van der Waals surface area contributed by atoms with E-state index < -0.39 is 11.7 Å². The summed E-state index contributed by atoms with van der Waals surface area (Å²) in [5.41, 5.74) is 4.64. The van der Waals surface area contributed by atoms with E-state index in [4.69, 9.17) is 0 Å². The van der Waals surface area contributed by atoms with Gasteiger partial charge in [0.1, 0.15) is 0 Å². The Bertz CT molecular complexity index is 838. The second-order valence-electron chi connectivity index (χ2n) is 6.44. The van der Waals surface area contributed by atoms with Crippen LogP contribution in [0.5, 0.6) is 0 Å². The Morgan fingerprint density at radius 1 is 0.923 bits per heavy atom. The molecule has 0 aliphatic carbocycles. The molecule has 2 aromatic rings. The lowest BCUT2D eigenvalue weighted by atomic mass is 10.1. The van der Waals surface area contributed by atoms with Crippen molar-refractivity contribution in [2.45, 2.75) is 32.4 Å². The highest BCUT2D eigenvalue weighted by molar-refractivity contribution is 6.01. The summed E-state index contributed by atoms with van der Waals surface area (Å²) in [6.45, 7) is 2.07. The fourth-order valence-electron chi connectivity index (χ4n) is 2.76. The molecule has 0 radical (unpaired) electrons. The third kappa shape index (κ3) is 4.94. The molecule has 1 heterocycles. The molecule has 0 fully saturated rings. The summed E-state index contributed by atoms with van der Waals surface area (Å²) >= 11 is 0. The maximum Gasteiger partial charge on any atom is 0.416 e. The molecule has 134 valence electrons. The summed E-state index contributed by atoms with van der Waals surface area (Å²) in [4.78, 5) is 4.60. The summed E-state index contributed by atoms with van der Waals surface area (Å²) in [7, 11) is 0. The van der Waals surface area contributed by atoms with Crippen LogP contribution >= 0.6 is 0 Å². The van der Waals surface area contributed by atoms with Crippen LogP contribution in [0.2, 0.25) is 0 Å². The van der Waals surface area contributed by atoms with Crippen LogP contribution in [0.1, 0.15) is 35.1 Å². The van der Waals surface area contributed by atoms with Crippen molar-refractivity contribution in [3.05, 3.63) is 88.6 Å². The molecule has 1 nitrogen and oxygen atoms in total. The number of aliphatic imine (C=N–C) groups is 1. The molecule has 4 heteroatoms. The molecule has 2 aromatic carbocycles. The minimum absolute atomic E-state index is 0.632. The third-order valence-corrected chi connectivity index (χ3v) is 4.33. The van der Waals surface area contributed by atoms with E-state index in [0.29, 0.717) is 0 Å². The number of benzene rings is 2. The number of alkyl halides is 3. The van der Waals surface area contributed by atoms with Crippen LogP contribution in [0, 0.1) is 6.92 Å². The van der Waals surface area contributed by atoms with E-state index >= 15 is 0 Å². The summed E-state index contributed by atoms with van der Waals surface area (Å²) in [6.07, 6.45) is 4.09. The van der Waals surface area contributed by atoms with E-state index in [1.165, 1.54) is 23.3 Å². The third-order valence-electron chi connectivity index (χ3n) is 4.33. The molecule has 0 bridgehead atoms. The quantitative estimate of drug-likeness (QED) is 0.589. The minimum atomic E-state index is -4.30. The second-order valence-corrected chi connectivity index (χ2v) is 6.44. The van der Waals surface area contributed by atoms with Crippen LogP contribution in [-0.4, -0.2) is 5.71 Å². The van der Waals surface area contributed by atoms with E-state index in [0.717, 1.165) is 48.4 Å². The molecule has 0 atom stereocenters. The number of hydrogen-bond acceptors (Lipinski definition) is 1. The number of aryl methyl sites for hydroxylation is 2. The maximum atomic E-state index is 12.6. The van der Waals surface area contributed by atoms with E-state index in [1.807, 2.05) is 6.08 Å². The zero-order valence-corrected chi connectivity index (χ0v) is 14.6. The molecule has 0 unspecified atom stereocenters. The Balaban J connectivity index is 1.55. The van der Waals surface area contributed by atoms with Gasteiger partial charge >= 0.3 is 6.18 Å². The van der Waals surface area contributed by atoms with Crippen LogP contribution in [0.3, 0.4) is 0 Å². The molecule has 0 amide bonds. The van der Waals surface area contributed by atoms with Crippen molar-refractivity contribution in [2.24, 2.45) is 4.99 Å². The van der Waals surface area contributed by atoms with Gasteiger partial charge in [-0.2, -0.15) is 13.2 Å². The topological polar surface area (TPSA) is 12.4 Å².